The average Bonchev–Trinajstić information content (AvgIpc) is 2.43. The van der Waals surface area contributed by atoms with Gasteiger partial charge in [0.15, 0.2) is 5.82 Å². The smallest absolute Gasteiger partial charge is 0.188 e. The van der Waals surface area contributed by atoms with Crippen LogP contribution >= 0.6 is 0 Å². The van der Waals surface area contributed by atoms with Gasteiger partial charge < -0.3 is 5.11 Å². The first-order chi connectivity index (χ1) is 6.28. The summed E-state index contributed by atoms with van der Waals surface area (Å²) in [6, 6.07) is 0. The summed E-state index contributed by atoms with van der Waals surface area (Å²) in [6.45, 7) is 2.90. The van der Waals surface area contributed by atoms with E-state index in [-0.39, 0.29) is 6.61 Å². The molecule has 1 aromatic heterocycles. The number of tetrazole rings is 1. The van der Waals surface area contributed by atoms with E-state index < -0.39 is 0 Å². The third-order valence-electron chi connectivity index (χ3n) is 2.21. The van der Waals surface area contributed by atoms with Crippen LogP contribution in [0.1, 0.15) is 5.82 Å². The largest absolute Gasteiger partial charge is 0.396 e. The molecule has 0 aromatic carbocycles. The molecule has 0 aliphatic carbocycles. The second kappa shape index (κ2) is 3.39. The zero-order valence-corrected chi connectivity index (χ0v) is 7.59. The van der Waals surface area contributed by atoms with E-state index in [0.29, 0.717) is 5.92 Å². The number of likely N-dealkylation sites (tertiary alicyclic amines) is 1. The van der Waals surface area contributed by atoms with Crippen LogP contribution < -0.4 is 0 Å². The average molecular weight is 183 g/mol. The SMILES string of the molecule is Cn1nnc(CN2CC(CO)C2)n1. The minimum absolute atomic E-state index is 0.282. The molecule has 0 saturated carbocycles. The number of hydrogen-bond donors (Lipinski definition) is 1. The summed E-state index contributed by atoms with van der Waals surface area (Å²) in [5.41, 5.74) is 0. The number of aliphatic hydroxyl groups excluding tert-OH is 1. The van der Waals surface area contributed by atoms with Crippen LogP contribution in [0.4, 0.5) is 0 Å². The zero-order chi connectivity index (χ0) is 9.26. The molecule has 0 bridgehead atoms. The number of nitrogens with zero attached hydrogens (tertiary/aromatic N) is 5. The maximum Gasteiger partial charge on any atom is 0.188 e. The molecule has 1 aliphatic heterocycles. The van der Waals surface area contributed by atoms with Crippen LogP contribution in [0.2, 0.25) is 0 Å². The third-order valence-corrected chi connectivity index (χ3v) is 2.21. The van der Waals surface area contributed by atoms with E-state index in [1.54, 1.807) is 7.05 Å². The topological polar surface area (TPSA) is 67.1 Å². The van der Waals surface area contributed by atoms with Gasteiger partial charge in [0, 0.05) is 25.6 Å². The van der Waals surface area contributed by atoms with Gasteiger partial charge in [-0.05, 0) is 5.21 Å². The van der Waals surface area contributed by atoms with Crippen molar-refractivity contribution in [1.82, 2.24) is 25.1 Å². The summed E-state index contributed by atoms with van der Waals surface area (Å²) in [5.74, 6) is 1.19. The van der Waals surface area contributed by atoms with Crippen LogP contribution in [0, 0.1) is 5.92 Å². The van der Waals surface area contributed by atoms with Gasteiger partial charge in [0.05, 0.1) is 13.6 Å². The monoisotopic (exact) mass is 183 g/mol. The number of aryl methyl sites for hydroxylation is 1. The van der Waals surface area contributed by atoms with Gasteiger partial charge in [0.25, 0.3) is 0 Å². The highest BCUT2D eigenvalue weighted by Crippen LogP contribution is 2.15. The van der Waals surface area contributed by atoms with Gasteiger partial charge in [-0.1, -0.05) is 0 Å². The summed E-state index contributed by atoms with van der Waals surface area (Å²) in [6.07, 6.45) is 0. The summed E-state index contributed by atoms with van der Waals surface area (Å²) < 4.78 is 0. The van der Waals surface area contributed by atoms with E-state index in [2.05, 4.69) is 20.3 Å². The molecule has 1 aromatic rings. The number of aromatic nitrogens is 4. The Hall–Kier alpha value is -1.01. The Labute approximate surface area is 76.2 Å². The molecule has 1 saturated heterocycles. The fourth-order valence-electron chi connectivity index (χ4n) is 1.51. The van der Waals surface area contributed by atoms with E-state index >= 15 is 0 Å². The second-order valence-electron chi connectivity index (χ2n) is 3.44. The Bertz CT molecular complexity index is 280. The summed E-state index contributed by atoms with van der Waals surface area (Å²) in [7, 11) is 1.75. The van der Waals surface area contributed by atoms with Crippen LogP contribution in [-0.2, 0) is 13.6 Å². The van der Waals surface area contributed by atoms with Gasteiger partial charge >= 0.3 is 0 Å². The van der Waals surface area contributed by atoms with Crippen molar-refractivity contribution < 1.29 is 5.11 Å². The van der Waals surface area contributed by atoms with E-state index in [4.69, 9.17) is 5.11 Å². The predicted octanol–water partition coefficient (Wildman–Crippen LogP) is -1.37. The van der Waals surface area contributed by atoms with Crippen molar-refractivity contribution in [2.75, 3.05) is 19.7 Å². The molecule has 6 heteroatoms. The van der Waals surface area contributed by atoms with Crippen LogP contribution in [0.15, 0.2) is 0 Å². The normalized spacial score (nSPS) is 18.9. The molecule has 2 rings (SSSR count). The number of hydrogen-bond acceptors (Lipinski definition) is 5. The summed E-state index contributed by atoms with van der Waals surface area (Å²) in [5, 5.41) is 20.5. The van der Waals surface area contributed by atoms with E-state index in [0.717, 1.165) is 25.5 Å². The van der Waals surface area contributed by atoms with E-state index in [9.17, 15) is 0 Å². The van der Waals surface area contributed by atoms with Crippen molar-refractivity contribution in [3.05, 3.63) is 5.82 Å². The number of rotatable bonds is 3. The first-order valence-corrected chi connectivity index (χ1v) is 4.34. The Kier molecular flexibility index (Phi) is 2.24. The second-order valence-corrected chi connectivity index (χ2v) is 3.44. The zero-order valence-electron chi connectivity index (χ0n) is 7.59. The standard InChI is InChI=1S/C7H13N5O/c1-11-9-7(8-10-11)4-12-2-6(3-12)5-13/h6,13H,2-5H2,1H3. The summed E-state index contributed by atoms with van der Waals surface area (Å²) in [4.78, 5) is 3.65. The molecule has 0 atom stereocenters. The molecular weight excluding hydrogens is 170 g/mol. The highest BCUT2D eigenvalue weighted by molar-refractivity contribution is 4.85. The van der Waals surface area contributed by atoms with Crippen LogP contribution in [-0.4, -0.2) is 49.9 Å². The van der Waals surface area contributed by atoms with E-state index in [1.165, 1.54) is 4.80 Å². The van der Waals surface area contributed by atoms with Gasteiger partial charge in [-0.3, -0.25) is 4.90 Å². The minimum Gasteiger partial charge on any atom is -0.396 e. The third kappa shape index (κ3) is 1.84. The van der Waals surface area contributed by atoms with Crippen molar-refractivity contribution >= 4 is 0 Å². The van der Waals surface area contributed by atoms with Crippen LogP contribution in [0.3, 0.4) is 0 Å². The van der Waals surface area contributed by atoms with Gasteiger partial charge in [-0.25, -0.2) is 0 Å². The maximum atomic E-state index is 8.80. The molecule has 0 spiro atoms. The molecule has 1 fully saturated rings. The molecule has 0 radical (unpaired) electrons. The first kappa shape index (κ1) is 8.58. The fourth-order valence-corrected chi connectivity index (χ4v) is 1.51. The fraction of sp³-hybridized carbons (Fsp3) is 0.857. The molecule has 1 N–H and O–H groups in total. The lowest BCUT2D eigenvalue weighted by molar-refractivity contribution is 0.0459. The molecule has 0 unspecified atom stereocenters. The van der Waals surface area contributed by atoms with E-state index in [1.807, 2.05) is 0 Å². The lowest BCUT2D eigenvalue weighted by Gasteiger charge is -2.37. The van der Waals surface area contributed by atoms with Crippen molar-refractivity contribution in [1.29, 1.82) is 0 Å². The Morgan fingerprint density at radius 2 is 2.31 bits per heavy atom. The molecule has 2 heterocycles. The lowest BCUT2D eigenvalue weighted by atomic mass is 10.0. The molecule has 6 nitrogen and oxygen atoms in total. The maximum absolute atomic E-state index is 8.80. The minimum atomic E-state index is 0.282. The highest BCUT2D eigenvalue weighted by Gasteiger charge is 2.26. The van der Waals surface area contributed by atoms with Crippen molar-refractivity contribution in [2.24, 2.45) is 13.0 Å². The molecule has 72 valence electrons. The van der Waals surface area contributed by atoms with Gasteiger partial charge in [0.1, 0.15) is 0 Å². The predicted molar refractivity (Wildman–Crippen MR) is 44.7 cm³/mol. The van der Waals surface area contributed by atoms with Crippen molar-refractivity contribution in [3.63, 3.8) is 0 Å². The Morgan fingerprint density at radius 3 is 2.85 bits per heavy atom. The van der Waals surface area contributed by atoms with Gasteiger partial charge in [-0.15, -0.1) is 10.2 Å². The lowest BCUT2D eigenvalue weighted by Crippen LogP contribution is -2.47. The molecule has 1 aliphatic rings. The first-order valence-electron chi connectivity index (χ1n) is 4.34. The van der Waals surface area contributed by atoms with Gasteiger partial charge in [-0.2, -0.15) is 4.80 Å². The highest BCUT2D eigenvalue weighted by atomic mass is 16.3. The van der Waals surface area contributed by atoms with Gasteiger partial charge in [0.2, 0.25) is 0 Å². The molecule has 0 amide bonds. The van der Waals surface area contributed by atoms with Crippen LogP contribution in [0.25, 0.3) is 0 Å². The summed E-state index contributed by atoms with van der Waals surface area (Å²) >= 11 is 0. The molecule has 13 heavy (non-hydrogen) atoms. The van der Waals surface area contributed by atoms with Crippen molar-refractivity contribution in [3.8, 4) is 0 Å². The Morgan fingerprint density at radius 1 is 1.54 bits per heavy atom. The molecular formula is C7H13N5O. The van der Waals surface area contributed by atoms with Crippen LogP contribution in [0.5, 0.6) is 0 Å². The van der Waals surface area contributed by atoms with Crippen molar-refractivity contribution in [2.45, 2.75) is 6.54 Å². The quantitative estimate of drug-likeness (QED) is 0.626. The Balaban J connectivity index is 1.81. The number of aliphatic hydroxyl groups is 1.